The second-order valence-corrected chi connectivity index (χ2v) is 5.43. The van der Waals surface area contributed by atoms with Crippen molar-refractivity contribution in [3.05, 3.63) is 103 Å². The van der Waals surface area contributed by atoms with Crippen molar-refractivity contribution < 1.29 is 0 Å². The molecular weight excluding hydrogens is 278 g/mol. The zero-order valence-electron chi connectivity index (χ0n) is 12.7. The molecule has 1 radical (unpaired) electrons. The topological polar surface area (TPSA) is 3.24 Å². The lowest BCUT2D eigenvalue weighted by atomic mass is 10.1. The second kappa shape index (κ2) is 5.98. The molecule has 0 amide bonds. The molecule has 4 aromatic carbocycles. The van der Waals surface area contributed by atoms with Gasteiger partial charge in [0.2, 0.25) is 0 Å². The molecule has 0 saturated carbocycles. The number of para-hydroxylation sites is 2. The lowest BCUT2D eigenvalue weighted by Crippen LogP contribution is -2.10. The Morgan fingerprint density at radius 3 is 1.91 bits per heavy atom. The fraction of sp³-hybridized carbons (Fsp3) is 0. The average molecular weight is 294 g/mol. The maximum atomic E-state index is 3.16. The Balaban J connectivity index is 1.98. The van der Waals surface area contributed by atoms with Crippen LogP contribution in [0.1, 0.15) is 0 Å². The van der Waals surface area contributed by atoms with Crippen molar-refractivity contribution >= 4 is 27.8 Å². The molecule has 0 bridgehead atoms. The van der Waals surface area contributed by atoms with Crippen LogP contribution in [0.25, 0.3) is 10.8 Å². The maximum Gasteiger partial charge on any atom is 0.0540 e. The molecule has 0 N–H and O–H groups in total. The first kappa shape index (κ1) is 13.6. The third kappa shape index (κ3) is 2.58. The number of nitrogens with zero attached hydrogens (tertiary/aromatic N) is 1. The first-order valence-electron chi connectivity index (χ1n) is 7.72. The largest absolute Gasteiger partial charge is 0.310 e. The highest BCUT2D eigenvalue weighted by Gasteiger charge is 2.13. The molecule has 4 rings (SSSR count). The molecule has 0 fully saturated rings. The van der Waals surface area contributed by atoms with E-state index >= 15 is 0 Å². The van der Waals surface area contributed by atoms with Crippen LogP contribution in [0.15, 0.2) is 97.1 Å². The summed E-state index contributed by atoms with van der Waals surface area (Å²) in [6.45, 7) is 0. The Hall–Kier alpha value is -3.06. The molecule has 109 valence electrons. The number of rotatable bonds is 3. The molecule has 23 heavy (non-hydrogen) atoms. The quantitative estimate of drug-likeness (QED) is 0.440. The van der Waals surface area contributed by atoms with Gasteiger partial charge in [0, 0.05) is 16.8 Å². The Labute approximate surface area is 136 Å². The minimum atomic E-state index is 1.15. The summed E-state index contributed by atoms with van der Waals surface area (Å²) in [4.78, 5) is 2.29. The van der Waals surface area contributed by atoms with E-state index in [1.807, 2.05) is 24.3 Å². The summed E-state index contributed by atoms with van der Waals surface area (Å²) in [7, 11) is 0. The predicted octanol–water partition coefficient (Wildman–Crippen LogP) is 6.11. The monoisotopic (exact) mass is 294 g/mol. The molecule has 0 spiro atoms. The molecule has 0 saturated heterocycles. The van der Waals surface area contributed by atoms with E-state index in [2.05, 4.69) is 83.8 Å². The van der Waals surface area contributed by atoms with E-state index in [4.69, 9.17) is 0 Å². The van der Waals surface area contributed by atoms with Crippen molar-refractivity contribution in [2.75, 3.05) is 4.90 Å². The molecule has 1 nitrogen and oxygen atoms in total. The molecule has 0 heterocycles. The van der Waals surface area contributed by atoms with Crippen LogP contribution in [0.5, 0.6) is 0 Å². The Bertz CT molecular complexity index is 869. The third-order valence-electron chi connectivity index (χ3n) is 3.97. The molecule has 0 aromatic heterocycles. The molecule has 0 aliphatic carbocycles. The van der Waals surface area contributed by atoms with Gasteiger partial charge in [0.1, 0.15) is 0 Å². The van der Waals surface area contributed by atoms with Crippen molar-refractivity contribution in [2.24, 2.45) is 0 Å². The summed E-state index contributed by atoms with van der Waals surface area (Å²) in [5, 5.41) is 2.42. The van der Waals surface area contributed by atoms with E-state index < -0.39 is 0 Å². The molecular formula is C22H16N. The van der Waals surface area contributed by atoms with E-state index in [0.29, 0.717) is 0 Å². The van der Waals surface area contributed by atoms with E-state index in [1.54, 1.807) is 0 Å². The summed E-state index contributed by atoms with van der Waals surface area (Å²) in [5.74, 6) is 0. The predicted molar refractivity (Wildman–Crippen MR) is 97.5 cm³/mol. The van der Waals surface area contributed by atoms with Gasteiger partial charge in [-0.25, -0.2) is 0 Å². The van der Waals surface area contributed by atoms with Gasteiger partial charge < -0.3 is 4.90 Å². The smallest absolute Gasteiger partial charge is 0.0540 e. The van der Waals surface area contributed by atoms with E-state index in [9.17, 15) is 0 Å². The minimum absolute atomic E-state index is 1.15. The molecule has 0 atom stereocenters. The summed E-state index contributed by atoms with van der Waals surface area (Å²) in [6.07, 6.45) is 0. The summed E-state index contributed by atoms with van der Waals surface area (Å²) in [5.41, 5.74) is 3.48. The number of anilines is 3. The Morgan fingerprint density at radius 2 is 1.26 bits per heavy atom. The van der Waals surface area contributed by atoms with Gasteiger partial charge in [-0.15, -0.1) is 0 Å². The maximum absolute atomic E-state index is 3.16. The van der Waals surface area contributed by atoms with Crippen LogP contribution in [0.3, 0.4) is 0 Å². The second-order valence-electron chi connectivity index (χ2n) is 5.43. The molecule has 0 unspecified atom stereocenters. The third-order valence-corrected chi connectivity index (χ3v) is 3.97. The van der Waals surface area contributed by atoms with Crippen LogP contribution in [0, 0.1) is 6.07 Å². The normalized spacial score (nSPS) is 10.6. The fourth-order valence-electron chi connectivity index (χ4n) is 2.92. The van der Waals surface area contributed by atoms with Crippen LogP contribution >= 0.6 is 0 Å². The minimum Gasteiger partial charge on any atom is -0.310 e. The summed E-state index contributed by atoms with van der Waals surface area (Å²) >= 11 is 0. The van der Waals surface area contributed by atoms with E-state index in [0.717, 1.165) is 11.4 Å². The zero-order valence-corrected chi connectivity index (χ0v) is 12.7. The van der Waals surface area contributed by atoms with Gasteiger partial charge in [-0.3, -0.25) is 0 Å². The van der Waals surface area contributed by atoms with Crippen molar-refractivity contribution in [1.82, 2.24) is 0 Å². The number of benzene rings is 4. The van der Waals surface area contributed by atoms with Crippen molar-refractivity contribution in [1.29, 1.82) is 0 Å². The van der Waals surface area contributed by atoms with Gasteiger partial charge in [0.15, 0.2) is 0 Å². The Kier molecular flexibility index (Phi) is 3.53. The van der Waals surface area contributed by atoms with Gasteiger partial charge in [0.25, 0.3) is 0 Å². The van der Waals surface area contributed by atoms with E-state index in [1.165, 1.54) is 16.5 Å². The summed E-state index contributed by atoms with van der Waals surface area (Å²) in [6, 6.07) is 36.6. The first-order chi connectivity index (χ1) is 11.4. The zero-order chi connectivity index (χ0) is 15.5. The van der Waals surface area contributed by atoms with Crippen LogP contribution in [0.2, 0.25) is 0 Å². The number of hydrogen-bond acceptors (Lipinski definition) is 1. The number of hydrogen-bond donors (Lipinski definition) is 0. The van der Waals surface area contributed by atoms with Crippen molar-refractivity contribution in [2.45, 2.75) is 0 Å². The lowest BCUT2D eigenvalue weighted by molar-refractivity contribution is 1.30. The van der Waals surface area contributed by atoms with Crippen LogP contribution in [-0.2, 0) is 0 Å². The van der Waals surface area contributed by atoms with Gasteiger partial charge in [-0.05, 0) is 47.9 Å². The van der Waals surface area contributed by atoms with Gasteiger partial charge in [0.05, 0.1) is 5.69 Å². The first-order valence-corrected chi connectivity index (χ1v) is 7.72. The Morgan fingerprint density at radius 1 is 0.609 bits per heavy atom. The van der Waals surface area contributed by atoms with Crippen molar-refractivity contribution in [3.8, 4) is 0 Å². The standard InChI is InChI=1S/C22H16N/c1-3-12-19(13-4-1)23(20-14-5-2-6-15-20)22-17-9-11-18-10-7-8-16-21(18)22/h1-6,8-17H. The fourth-order valence-corrected chi connectivity index (χ4v) is 2.92. The lowest BCUT2D eigenvalue weighted by Gasteiger charge is -2.26. The van der Waals surface area contributed by atoms with Crippen LogP contribution < -0.4 is 4.90 Å². The van der Waals surface area contributed by atoms with Gasteiger partial charge in [-0.2, -0.15) is 0 Å². The highest BCUT2D eigenvalue weighted by molar-refractivity contribution is 5.98. The molecule has 0 aliphatic heterocycles. The highest BCUT2D eigenvalue weighted by Crippen LogP contribution is 2.38. The molecule has 0 aliphatic rings. The molecule has 4 aromatic rings. The van der Waals surface area contributed by atoms with Crippen LogP contribution in [-0.4, -0.2) is 0 Å². The van der Waals surface area contributed by atoms with Crippen LogP contribution in [0.4, 0.5) is 17.1 Å². The van der Waals surface area contributed by atoms with Gasteiger partial charge in [-0.1, -0.05) is 60.7 Å². The van der Waals surface area contributed by atoms with E-state index in [-0.39, 0.29) is 0 Å². The van der Waals surface area contributed by atoms with Gasteiger partial charge >= 0.3 is 0 Å². The number of fused-ring (bicyclic) bond motifs is 1. The summed E-state index contributed by atoms with van der Waals surface area (Å²) < 4.78 is 0. The van der Waals surface area contributed by atoms with Crippen molar-refractivity contribution in [3.63, 3.8) is 0 Å². The molecule has 1 heteroatoms. The highest BCUT2D eigenvalue weighted by atomic mass is 15.1. The SMILES string of the molecule is [c]1ccc2c(N(c3ccccc3)c3ccccc3)cccc2c1. The average Bonchev–Trinajstić information content (AvgIpc) is 2.64.